The highest BCUT2D eigenvalue weighted by Gasteiger charge is 2.00. The summed E-state index contributed by atoms with van der Waals surface area (Å²) in [6.45, 7) is 0. The van der Waals surface area contributed by atoms with E-state index in [4.69, 9.17) is 17.3 Å². The van der Waals surface area contributed by atoms with Crippen molar-refractivity contribution in [1.29, 1.82) is 0 Å². The summed E-state index contributed by atoms with van der Waals surface area (Å²) in [5.41, 5.74) is 10.5. The van der Waals surface area contributed by atoms with Gasteiger partial charge in [-0.15, -0.1) is 0 Å². The fraction of sp³-hybridized carbons (Fsp3) is 0. The maximum absolute atomic E-state index is 5.97. The van der Waals surface area contributed by atoms with Gasteiger partial charge in [0.1, 0.15) is 0 Å². The molecule has 19 heavy (non-hydrogen) atoms. The predicted molar refractivity (Wildman–Crippen MR) is 82.2 cm³/mol. The number of pyridine rings is 1. The van der Waals surface area contributed by atoms with Crippen molar-refractivity contribution in [3.8, 4) is 11.1 Å². The molecule has 0 radical (unpaired) electrons. The van der Waals surface area contributed by atoms with Crippen molar-refractivity contribution in [2.45, 2.75) is 0 Å². The number of hydrazone groups is 1. The Kier molecular flexibility index (Phi) is 4.43. The molecule has 0 bridgehead atoms. The van der Waals surface area contributed by atoms with E-state index in [9.17, 15) is 0 Å². The van der Waals surface area contributed by atoms with Crippen LogP contribution in [0.25, 0.3) is 11.1 Å². The van der Waals surface area contributed by atoms with Crippen LogP contribution in [0.5, 0.6) is 0 Å². The Bertz CT molecular complexity index is 628. The topological polar surface area (TPSA) is 63.3 Å². The number of hydrogen-bond acceptors (Lipinski definition) is 3. The smallest absolute Gasteiger partial charge is 0.184 e. The van der Waals surface area contributed by atoms with Crippen LogP contribution in [-0.4, -0.2) is 16.3 Å². The number of benzene rings is 1. The molecule has 0 unspecified atom stereocenters. The summed E-state index contributed by atoms with van der Waals surface area (Å²) >= 11 is 10.6. The molecular weight excluding hydrogens is 280 g/mol. The zero-order chi connectivity index (χ0) is 13.7. The standard InChI is InChI=1S/C13H11ClN4S/c14-11-3-1-2-9(6-11)10-4-5-16-12(7-10)8-17-18-13(15)19/h1-8H,(H3,15,18,19). The molecule has 6 heteroatoms. The number of hydrogen-bond donors (Lipinski definition) is 2. The van der Waals surface area contributed by atoms with E-state index in [0.29, 0.717) is 10.7 Å². The summed E-state index contributed by atoms with van der Waals surface area (Å²) in [6.07, 6.45) is 3.26. The molecule has 0 spiro atoms. The highest BCUT2D eigenvalue weighted by atomic mass is 35.5. The van der Waals surface area contributed by atoms with E-state index < -0.39 is 0 Å². The fourth-order valence-electron chi connectivity index (χ4n) is 1.53. The van der Waals surface area contributed by atoms with E-state index in [1.54, 1.807) is 12.4 Å². The number of rotatable bonds is 3. The van der Waals surface area contributed by atoms with Crippen molar-refractivity contribution in [1.82, 2.24) is 10.4 Å². The molecule has 0 fully saturated rings. The third-order valence-corrected chi connectivity index (χ3v) is 2.64. The SMILES string of the molecule is NC(=S)NN=Cc1cc(-c2cccc(Cl)c2)ccn1. The van der Waals surface area contributed by atoms with Gasteiger partial charge in [0.15, 0.2) is 5.11 Å². The van der Waals surface area contributed by atoms with Crippen molar-refractivity contribution in [3.05, 3.63) is 53.3 Å². The van der Waals surface area contributed by atoms with Gasteiger partial charge in [0.05, 0.1) is 11.9 Å². The molecule has 4 nitrogen and oxygen atoms in total. The average Bonchev–Trinajstić information content (AvgIpc) is 2.39. The Morgan fingerprint density at radius 2 is 2.11 bits per heavy atom. The molecule has 0 atom stereocenters. The van der Waals surface area contributed by atoms with Gasteiger partial charge >= 0.3 is 0 Å². The molecule has 1 heterocycles. The second kappa shape index (κ2) is 6.26. The quantitative estimate of drug-likeness (QED) is 0.518. The molecule has 1 aromatic heterocycles. The van der Waals surface area contributed by atoms with E-state index >= 15 is 0 Å². The summed E-state index contributed by atoms with van der Waals surface area (Å²) in [7, 11) is 0. The van der Waals surface area contributed by atoms with Gasteiger partial charge in [-0.3, -0.25) is 10.4 Å². The van der Waals surface area contributed by atoms with E-state index in [-0.39, 0.29) is 5.11 Å². The first kappa shape index (κ1) is 13.5. The van der Waals surface area contributed by atoms with Gasteiger partial charge in [-0.25, -0.2) is 0 Å². The number of halogens is 1. The second-order valence-electron chi connectivity index (χ2n) is 3.71. The summed E-state index contributed by atoms with van der Waals surface area (Å²) in [5.74, 6) is 0. The molecule has 0 saturated heterocycles. The molecule has 0 aliphatic rings. The first-order valence-corrected chi connectivity index (χ1v) is 6.24. The van der Waals surface area contributed by atoms with E-state index in [1.165, 1.54) is 0 Å². The first-order valence-electron chi connectivity index (χ1n) is 5.45. The van der Waals surface area contributed by atoms with Gasteiger partial charge in [-0.2, -0.15) is 5.10 Å². The lowest BCUT2D eigenvalue weighted by Gasteiger charge is -2.03. The van der Waals surface area contributed by atoms with Crippen LogP contribution in [0.4, 0.5) is 0 Å². The molecule has 3 N–H and O–H groups in total. The molecule has 0 aliphatic carbocycles. The van der Waals surface area contributed by atoms with Crippen LogP contribution in [0.3, 0.4) is 0 Å². The van der Waals surface area contributed by atoms with Crippen molar-refractivity contribution in [3.63, 3.8) is 0 Å². The number of nitrogens with one attached hydrogen (secondary N) is 1. The van der Waals surface area contributed by atoms with Gasteiger partial charge in [-0.1, -0.05) is 23.7 Å². The predicted octanol–water partition coefficient (Wildman–Crippen LogP) is 2.57. The largest absolute Gasteiger partial charge is 0.375 e. The second-order valence-corrected chi connectivity index (χ2v) is 4.59. The van der Waals surface area contributed by atoms with Crippen LogP contribution in [0.1, 0.15) is 5.69 Å². The van der Waals surface area contributed by atoms with Gasteiger partial charge in [0.2, 0.25) is 0 Å². The Balaban J connectivity index is 2.24. The monoisotopic (exact) mass is 290 g/mol. The number of nitrogens with two attached hydrogens (primary N) is 1. The lowest BCUT2D eigenvalue weighted by atomic mass is 10.1. The van der Waals surface area contributed by atoms with E-state index in [1.807, 2.05) is 36.4 Å². The molecule has 2 rings (SSSR count). The number of aromatic nitrogens is 1. The van der Waals surface area contributed by atoms with Crippen molar-refractivity contribution in [2.75, 3.05) is 0 Å². The Morgan fingerprint density at radius 1 is 1.32 bits per heavy atom. The molecule has 2 aromatic rings. The van der Waals surface area contributed by atoms with Crippen molar-refractivity contribution < 1.29 is 0 Å². The van der Waals surface area contributed by atoms with Crippen LogP contribution >= 0.6 is 23.8 Å². The van der Waals surface area contributed by atoms with Crippen molar-refractivity contribution >= 4 is 35.1 Å². The Hall–Kier alpha value is -1.98. The number of nitrogens with zero attached hydrogens (tertiary/aromatic N) is 2. The Labute approximate surface area is 121 Å². The van der Waals surface area contributed by atoms with Gasteiger partial charge < -0.3 is 5.73 Å². The van der Waals surface area contributed by atoms with Crippen LogP contribution < -0.4 is 11.2 Å². The highest BCUT2D eigenvalue weighted by molar-refractivity contribution is 7.80. The van der Waals surface area contributed by atoms with Gasteiger partial charge in [0.25, 0.3) is 0 Å². The number of thiocarbonyl (C=S) groups is 1. The van der Waals surface area contributed by atoms with Crippen LogP contribution in [0, 0.1) is 0 Å². The summed E-state index contributed by atoms with van der Waals surface area (Å²) < 4.78 is 0. The van der Waals surface area contributed by atoms with E-state index in [0.717, 1.165) is 11.1 Å². The zero-order valence-electron chi connectivity index (χ0n) is 9.88. The fourth-order valence-corrected chi connectivity index (χ4v) is 1.77. The lowest BCUT2D eigenvalue weighted by Crippen LogP contribution is -2.24. The summed E-state index contributed by atoms with van der Waals surface area (Å²) in [5, 5.41) is 4.67. The molecule has 0 aliphatic heterocycles. The average molecular weight is 291 g/mol. The van der Waals surface area contributed by atoms with Crippen LogP contribution in [0.2, 0.25) is 5.02 Å². The minimum atomic E-state index is 0.113. The summed E-state index contributed by atoms with van der Waals surface area (Å²) in [4.78, 5) is 4.18. The van der Waals surface area contributed by atoms with Crippen LogP contribution in [0.15, 0.2) is 47.7 Å². The maximum atomic E-state index is 5.97. The van der Waals surface area contributed by atoms with Gasteiger partial charge in [-0.05, 0) is 47.6 Å². The minimum Gasteiger partial charge on any atom is -0.375 e. The molecular formula is C13H11ClN4S. The maximum Gasteiger partial charge on any atom is 0.184 e. The van der Waals surface area contributed by atoms with Crippen LogP contribution in [-0.2, 0) is 0 Å². The molecule has 0 amide bonds. The zero-order valence-corrected chi connectivity index (χ0v) is 11.4. The Morgan fingerprint density at radius 3 is 2.84 bits per heavy atom. The van der Waals surface area contributed by atoms with E-state index in [2.05, 4.69) is 27.7 Å². The third-order valence-electron chi connectivity index (χ3n) is 2.31. The lowest BCUT2D eigenvalue weighted by molar-refractivity contribution is 1.04. The normalized spacial score (nSPS) is 10.6. The highest BCUT2D eigenvalue weighted by Crippen LogP contribution is 2.22. The molecule has 0 saturated carbocycles. The third kappa shape index (κ3) is 4.01. The van der Waals surface area contributed by atoms with Crippen molar-refractivity contribution in [2.24, 2.45) is 10.8 Å². The molecule has 96 valence electrons. The first-order chi connectivity index (χ1) is 9.15. The summed E-state index contributed by atoms with van der Waals surface area (Å²) in [6, 6.07) is 11.4. The van der Waals surface area contributed by atoms with Gasteiger partial charge in [0, 0.05) is 11.2 Å². The minimum absolute atomic E-state index is 0.113. The molecule has 1 aromatic carbocycles.